The van der Waals surface area contributed by atoms with Gasteiger partial charge in [0.15, 0.2) is 0 Å². The monoisotopic (exact) mass is 343 g/mol. The molecule has 0 atom stereocenters. The van der Waals surface area contributed by atoms with Crippen molar-refractivity contribution in [2.45, 2.75) is 4.90 Å². The Labute approximate surface area is 131 Å². The standard InChI is InChI=1S/C14H11ClFNO4S/c1-21-14(18)13-9(15)5-4-7-11(13)17-22(19,20)12-8-3-2-6-10(12)16/h2-8,17H,1H3. The third kappa shape index (κ3) is 3.20. The predicted octanol–water partition coefficient (Wildman–Crippen LogP) is 3.07. The molecule has 2 aromatic rings. The van der Waals surface area contributed by atoms with Crippen molar-refractivity contribution < 1.29 is 22.3 Å². The van der Waals surface area contributed by atoms with Crippen LogP contribution in [0.1, 0.15) is 10.4 Å². The molecule has 0 amide bonds. The number of carbonyl (C=O) groups is 1. The number of nitrogens with one attached hydrogen (secondary N) is 1. The normalized spacial score (nSPS) is 11.0. The lowest BCUT2D eigenvalue weighted by atomic mass is 10.2. The lowest BCUT2D eigenvalue weighted by Crippen LogP contribution is -2.17. The molecule has 0 fully saturated rings. The third-order valence-corrected chi connectivity index (χ3v) is 4.49. The van der Waals surface area contributed by atoms with Gasteiger partial charge in [0.2, 0.25) is 0 Å². The van der Waals surface area contributed by atoms with Crippen LogP contribution in [0.15, 0.2) is 47.4 Å². The van der Waals surface area contributed by atoms with Gasteiger partial charge in [-0.3, -0.25) is 4.72 Å². The zero-order valence-corrected chi connectivity index (χ0v) is 12.9. The van der Waals surface area contributed by atoms with E-state index in [0.29, 0.717) is 0 Å². The first-order valence-corrected chi connectivity index (χ1v) is 7.87. The van der Waals surface area contributed by atoms with Gasteiger partial charge in [-0.15, -0.1) is 0 Å². The quantitative estimate of drug-likeness (QED) is 0.866. The highest BCUT2D eigenvalue weighted by atomic mass is 35.5. The zero-order chi connectivity index (χ0) is 16.3. The number of carbonyl (C=O) groups excluding carboxylic acids is 1. The van der Waals surface area contributed by atoms with Crippen molar-refractivity contribution in [2.24, 2.45) is 0 Å². The van der Waals surface area contributed by atoms with Gasteiger partial charge in [-0.25, -0.2) is 17.6 Å². The van der Waals surface area contributed by atoms with Gasteiger partial charge < -0.3 is 4.74 Å². The first-order valence-electron chi connectivity index (χ1n) is 6.01. The molecule has 0 heterocycles. The van der Waals surface area contributed by atoms with Gasteiger partial charge in [-0.2, -0.15) is 0 Å². The first-order chi connectivity index (χ1) is 10.4. The molecule has 0 radical (unpaired) electrons. The summed E-state index contributed by atoms with van der Waals surface area (Å²) in [6, 6.07) is 9.08. The van der Waals surface area contributed by atoms with Crippen molar-refractivity contribution in [3.8, 4) is 0 Å². The molecule has 1 N–H and O–H groups in total. The van der Waals surface area contributed by atoms with E-state index in [9.17, 15) is 17.6 Å². The van der Waals surface area contributed by atoms with E-state index in [1.54, 1.807) is 0 Å². The van der Waals surface area contributed by atoms with Crippen LogP contribution in [0.25, 0.3) is 0 Å². The number of ether oxygens (including phenoxy) is 1. The predicted molar refractivity (Wildman–Crippen MR) is 80.0 cm³/mol. The minimum absolute atomic E-state index is 0.0144. The van der Waals surface area contributed by atoms with Crippen molar-refractivity contribution in [3.05, 3.63) is 58.9 Å². The lowest BCUT2D eigenvalue weighted by molar-refractivity contribution is 0.0602. The van der Waals surface area contributed by atoms with E-state index < -0.39 is 26.7 Å². The number of rotatable bonds is 4. The number of halogens is 2. The van der Waals surface area contributed by atoms with Crippen LogP contribution < -0.4 is 4.72 Å². The van der Waals surface area contributed by atoms with Crippen molar-refractivity contribution in [1.82, 2.24) is 0 Å². The molecule has 0 aliphatic rings. The molecule has 0 saturated carbocycles. The van der Waals surface area contributed by atoms with Crippen molar-refractivity contribution >= 4 is 33.3 Å². The van der Waals surface area contributed by atoms with Gasteiger partial charge in [0, 0.05) is 0 Å². The number of benzene rings is 2. The van der Waals surface area contributed by atoms with Crippen LogP contribution in [0, 0.1) is 5.82 Å². The minimum Gasteiger partial charge on any atom is -0.465 e. The molecule has 0 spiro atoms. The molecule has 0 aliphatic heterocycles. The van der Waals surface area contributed by atoms with E-state index >= 15 is 0 Å². The first kappa shape index (κ1) is 16.3. The number of methoxy groups -OCH3 is 1. The van der Waals surface area contributed by atoms with E-state index in [1.165, 1.54) is 30.3 Å². The fourth-order valence-corrected chi connectivity index (χ4v) is 3.18. The van der Waals surface area contributed by atoms with E-state index in [2.05, 4.69) is 9.46 Å². The average Bonchev–Trinajstić information content (AvgIpc) is 2.46. The summed E-state index contributed by atoms with van der Waals surface area (Å²) in [7, 11) is -3.08. The molecule has 22 heavy (non-hydrogen) atoms. The van der Waals surface area contributed by atoms with Crippen LogP contribution in [0.5, 0.6) is 0 Å². The summed E-state index contributed by atoms with van der Waals surface area (Å²) < 4.78 is 44.9. The molecule has 0 bridgehead atoms. The van der Waals surface area contributed by atoms with Crippen LogP contribution >= 0.6 is 11.6 Å². The molecular weight excluding hydrogens is 333 g/mol. The van der Waals surface area contributed by atoms with E-state index in [0.717, 1.165) is 19.2 Å². The maximum absolute atomic E-state index is 13.7. The van der Waals surface area contributed by atoms with E-state index in [4.69, 9.17) is 11.6 Å². The van der Waals surface area contributed by atoms with Gasteiger partial charge in [0.05, 0.1) is 17.8 Å². The second-order valence-corrected chi connectivity index (χ2v) is 6.25. The van der Waals surface area contributed by atoms with Gasteiger partial charge in [-0.1, -0.05) is 29.8 Å². The maximum atomic E-state index is 13.7. The molecule has 0 aromatic heterocycles. The zero-order valence-electron chi connectivity index (χ0n) is 11.3. The maximum Gasteiger partial charge on any atom is 0.341 e. The highest BCUT2D eigenvalue weighted by molar-refractivity contribution is 7.92. The highest BCUT2D eigenvalue weighted by Crippen LogP contribution is 2.27. The van der Waals surface area contributed by atoms with Crippen molar-refractivity contribution in [3.63, 3.8) is 0 Å². The summed E-state index contributed by atoms with van der Waals surface area (Å²) in [6.07, 6.45) is 0. The van der Waals surface area contributed by atoms with E-state index in [1.807, 2.05) is 0 Å². The van der Waals surface area contributed by atoms with Crippen LogP contribution in [0.3, 0.4) is 0 Å². The average molecular weight is 344 g/mol. The third-order valence-electron chi connectivity index (χ3n) is 2.77. The summed E-state index contributed by atoms with van der Waals surface area (Å²) >= 11 is 5.90. The number of hydrogen-bond donors (Lipinski definition) is 1. The number of hydrogen-bond acceptors (Lipinski definition) is 4. The largest absolute Gasteiger partial charge is 0.465 e. The second kappa shape index (κ2) is 6.33. The Hall–Kier alpha value is -2.12. The minimum atomic E-state index is -4.22. The van der Waals surface area contributed by atoms with Gasteiger partial charge in [-0.05, 0) is 24.3 Å². The van der Waals surface area contributed by atoms with Crippen LogP contribution in [-0.4, -0.2) is 21.5 Å². The molecule has 0 saturated heterocycles. The Bertz CT molecular complexity index is 823. The highest BCUT2D eigenvalue weighted by Gasteiger charge is 2.23. The molecule has 2 aromatic carbocycles. The smallest absolute Gasteiger partial charge is 0.341 e. The SMILES string of the molecule is COC(=O)c1c(Cl)cccc1NS(=O)(=O)c1ccccc1F. The number of anilines is 1. The summed E-state index contributed by atoms with van der Waals surface area (Å²) in [5, 5.41) is 0.0144. The van der Waals surface area contributed by atoms with Crippen LogP contribution in [0.4, 0.5) is 10.1 Å². The Morgan fingerprint density at radius 2 is 1.86 bits per heavy atom. The summed E-state index contributed by atoms with van der Waals surface area (Å²) in [5.41, 5.74) is -0.241. The summed E-state index contributed by atoms with van der Waals surface area (Å²) in [4.78, 5) is 11.2. The molecule has 0 aliphatic carbocycles. The summed E-state index contributed by atoms with van der Waals surface area (Å²) in [5.74, 6) is -1.71. The van der Waals surface area contributed by atoms with Crippen LogP contribution in [0.2, 0.25) is 5.02 Å². The van der Waals surface area contributed by atoms with Crippen molar-refractivity contribution in [1.29, 1.82) is 0 Å². The topological polar surface area (TPSA) is 72.5 Å². The van der Waals surface area contributed by atoms with E-state index in [-0.39, 0.29) is 16.3 Å². The molecule has 0 unspecified atom stereocenters. The second-order valence-electron chi connectivity index (χ2n) is 4.19. The van der Waals surface area contributed by atoms with Gasteiger partial charge in [0.25, 0.3) is 10.0 Å². The molecular formula is C14H11ClFNO4S. The molecule has 116 valence electrons. The molecule has 2 rings (SSSR count). The fraction of sp³-hybridized carbons (Fsp3) is 0.0714. The van der Waals surface area contributed by atoms with Gasteiger partial charge in [0.1, 0.15) is 16.3 Å². The Morgan fingerprint density at radius 1 is 1.18 bits per heavy atom. The van der Waals surface area contributed by atoms with Crippen LogP contribution in [-0.2, 0) is 14.8 Å². The molecule has 8 heteroatoms. The lowest BCUT2D eigenvalue weighted by Gasteiger charge is -2.13. The summed E-state index contributed by atoms with van der Waals surface area (Å²) in [6.45, 7) is 0. The number of sulfonamides is 1. The fourth-order valence-electron chi connectivity index (χ4n) is 1.78. The van der Waals surface area contributed by atoms with Gasteiger partial charge >= 0.3 is 5.97 Å². The Morgan fingerprint density at radius 3 is 2.50 bits per heavy atom. The molecule has 5 nitrogen and oxygen atoms in total. The van der Waals surface area contributed by atoms with Crippen molar-refractivity contribution in [2.75, 3.05) is 11.8 Å². The Kier molecular flexibility index (Phi) is 4.68. The Balaban J connectivity index is 2.50. The number of esters is 1.